The number of rotatable bonds is 5. The molecule has 0 amide bonds. The van der Waals surface area contributed by atoms with E-state index < -0.39 is 14.9 Å². The van der Waals surface area contributed by atoms with E-state index in [1.54, 1.807) is 0 Å². The van der Waals surface area contributed by atoms with Crippen LogP contribution in [-0.2, 0) is 10.0 Å². The lowest BCUT2D eigenvalue weighted by Gasteiger charge is -2.01. The third-order valence-electron chi connectivity index (χ3n) is 1.50. The van der Waals surface area contributed by atoms with Crippen LogP contribution < -0.4 is 10.5 Å². The molecule has 84 valence electrons. The Morgan fingerprint density at radius 2 is 2.33 bits per heavy atom. The highest BCUT2D eigenvalue weighted by Gasteiger charge is 2.14. The van der Waals surface area contributed by atoms with Gasteiger partial charge in [-0.1, -0.05) is 5.10 Å². The van der Waals surface area contributed by atoms with Gasteiger partial charge in [0.2, 0.25) is 10.0 Å². The van der Waals surface area contributed by atoms with E-state index >= 15 is 0 Å². The molecule has 0 spiro atoms. The Labute approximate surface area is 84.9 Å². The molecule has 0 saturated carbocycles. The van der Waals surface area contributed by atoms with Crippen molar-refractivity contribution in [3.05, 3.63) is 16.3 Å². The highest BCUT2D eigenvalue weighted by atomic mass is 32.2. The van der Waals surface area contributed by atoms with Crippen LogP contribution in [0.3, 0.4) is 0 Å². The second-order valence-electron chi connectivity index (χ2n) is 2.68. The molecule has 0 aliphatic rings. The molecule has 0 unspecified atom stereocenters. The number of nitrogens with zero attached hydrogens (tertiary/aromatic N) is 2. The van der Waals surface area contributed by atoms with Crippen molar-refractivity contribution in [2.24, 2.45) is 5.14 Å². The van der Waals surface area contributed by atoms with E-state index in [0.29, 0.717) is 0 Å². The van der Waals surface area contributed by atoms with Gasteiger partial charge in [-0.2, -0.15) is 0 Å². The monoisotopic (exact) mass is 235 g/mol. The van der Waals surface area contributed by atoms with E-state index in [9.17, 15) is 18.5 Å². The van der Waals surface area contributed by atoms with Crippen LogP contribution in [0.4, 0.5) is 11.5 Å². The standard InChI is InChI=1S/C5H9N5O4S/c6-15(13,14)2-1-7-4-3-8-9-5(4)10(11)12/h3,7H,1-2H2,(H,8,9)(H2,6,13,14). The normalized spacial score (nSPS) is 11.3. The summed E-state index contributed by atoms with van der Waals surface area (Å²) in [4.78, 5) is 9.73. The first-order valence-electron chi connectivity index (χ1n) is 3.82. The number of anilines is 1. The molecule has 1 rings (SSSR count). The molecule has 1 aromatic rings. The highest BCUT2D eigenvalue weighted by molar-refractivity contribution is 7.89. The lowest BCUT2D eigenvalue weighted by atomic mass is 10.5. The van der Waals surface area contributed by atoms with Crippen molar-refractivity contribution in [3.63, 3.8) is 0 Å². The molecule has 4 N–H and O–H groups in total. The smallest absolute Gasteiger partial charge is 0.366 e. The van der Waals surface area contributed by atoms with Crippen LogP contribution in [0.5, 0.6) is 0 Å². The first-order valence-corrected chi connectivity index (χ1v) is 5.54. The quantitative estimate of drug-likeness (QED) is 0.441. The predicted octanol–water partition coefficient (Wildman–Crippen LogP) is -0.982. The van der Waals surface area contributed by atoms with Crippen molar-refractivity contribution in [3.8, 4) is 0 Å². The van der Waals surface area contributed by atoms with E-state index in [1.807, 2.05) is 0 Å². The van der Waals surface area contributed by atoms with Gasteiger partial charge in [0, 0.05) is 6.54 Å². The largest absolute Gasteiger partial charge is 0.376 e. The minimum absolute atomic E-state index is 0.0147. The number of H-pyrrole nitrogens is 1. The summed E-state index contributed by atoms with van der Waals surface area (Å²) in [7, 11) is -3.57. The number of nitrogens with one attached hydrogen (secondary N) is 2. The van der Waals surface area contributed by atoms with Gasteiger partial charge in [-0.3, -0.25) is 0 Å². The average molecular weight is 235 g/mol. The Hall–Kier alpha value is -1.68. The van der Waals surface area contributed by atoms with Crippen LogP contribution >= 0.6 is 0 Å². The number of nitro groups is 1. The van der Waals surface area contributed by atoms with Crippen LogP contribution in [0.1, 0.15) is 0 Å². The molecule has 1 aromatic heterocycles. The molecule has 0 radical (unpaired) electrons. The van der Waals surface area contributed by atoms with E-state index in [4.69, 9.17) is 5.14 Å². The number of hydrogen-bond donors (Lipinski definition) is 3. The van der Waals surface area contributed by atoms with Crippen molar-refractivity contribution in [2.45, 2.75) is 0 Å². The third-order valence-corrected chi connectivity index (χ3v) is 2.28. The Morgan fingerprint density at radius 1 is 1.67 bits per heavy atom. The molecule has 0 aromatic carbocycles. The molecule has 0 saturated heterocycles. The lowest BCUT2D eigenvalue weighted by Crippen LogP contribution is -2.22. The summed E-state index contributed by atoms with van der Waals surface area (Å²) >= 11 is 0. The summed E-state index contributed by atoms with van der Waals surface area (Å²) in [5.74, 6) is -0.626. The number of aromatic amines is 1. The molecule has 0 aliphatic carbocycles. The summed E-state index contributed by atoms with van der Waals surface area (Å²) in [6.45, 7) is -0.0147. The summed E-state index contributed by atoms with van der Waals surface area (Å²) in [5.41, 5.74) is 0.128. The van der Waals surface area contributed by atoms with Gasteiger partial charge >= 0.3 is 5.82 Å². The van der Waals surface area contributed by atoms with Crippen molar-refractivity contribution in [1.82, 2.24) is 10.2 Å². The van der Waals surface area contributed by atoms with Crippen molar-refractivity contribution < 1.29 is 13.3 Å². The summed E-state index contributed by atoms with van der Waals surface area (Å²) in [5, 5.41) is 23.3. The number of aromatic nitrogens is 2. The Balaban J connectivity index is 2.58. The third kappa shape index (κ3) is 3.52. The summed E-state index contributed by atoms with van der Waals surface area (Å²) in [6.07, 6.45) is 1.20. The molecule has 0 aliphatic heterocycles. The molecule has 0 bridgehead atoms. The fourth-order valence-corrected chi connectivity index (χ4v) is 1.26. The fourth-order valence-electron chi connectivity index (χ4n) is 0.876. The van der Waals surface area contributed by atoms with Crippen molar-refractivity contribution in [1.29, 1.82) is 0 Å². The number of nitrogens with two attached hydrogens (primary N) is 1. The van der Waals surface area contributed by atoms with Gasteiger partial charge in [0.25, 0.3) is 0 Å². The molecule has 0 atom stereocenters. The fraction of sp³-hybridized carbons (Fsp3) is 0.400. The maximum atomic E-state index is 10.6. The van der Waals surface area contributed by atoms with E-state index in [-0.39, 0.29) is 23.8 Å². The second kappa shape index (κ2) is 4.23. The van der Waals surface area contributed by atoms with Crippen LogP contribution in [0, 0.1) is 10.1 Å². The predicted molar refractivity (Wildman–Crippen MR) is 51.7 cm³/mol. The van der Waals surface area contributed by atoms with E-state index in [1.165, 1.54) is 6.20 Å². The van der Waals surface area contributed by atoms with Gasteiger partial charge in [0.15, 0.2) is 5.69 Å². The molecule has 10 heteroatoms. The van der Waals surface area contributed by atoms with Gasteiger partial charge in [0.05, 0.1) is 5.75 Å². The number of primary sulfonamides is 1. The van der Waals surface area contributed by atoms with Crippen molar-refractivity contribution in [2.75, 3.05) is 17.6 Å². The first-order chi connectivity index (χ1) is 6.90. The average Bonchev–Trinajstić information content (AvgIpc) is 2.49. The molecule has 0 fully saturated rings. The van der Waals surface area contributed by atoms with Gasteiger partial charge in [-0.05, 0) is 4.92 Å². The second-order valence-corrected chi connectivity index (χ2v) is 4.42. The molecule has 1 heterocycles. The minimum atomic E-state index is -3.57. The molecule has 15 heavy (non-hydrogen) atoms. The molecular formula is C5H9N5O4S. The van der Waals surface area contributed by atoms with Gasteiger partial charge in [0.1, 0.15) is 6.20 Å². The Bertz CT molecular complexity index is 452. The zero-order chi connectivity index (χ0) is 11.5. The van der Waals surface area contributed by atoms with Crippen molar-refractivity contribution >= 4 is 21.5 Å². The van der Waals surface area contributed by atoms with E-state index in [2.05, 4.69) is 15.5 Å². The van der Waals surface area contributed by atoms with Gasteiger partial charge < -0.3 is 15.4 Å². The zero-order valence-electron chi connectivity index (χ0n) is 7.50. The van der Waals surface area contributed by atoms with Crippen LogP contribution in [0.2, 0.25) is 0 Å². The molecule has 9 nitrogen and oxygen atoms in total. The first kappa shape index (κ1) is 11.4. The highest BCUT2D eigenvalue weighted by Crippen LogP contribution is 2.18. The van der Waals surface area contributed by atoms with E-state index in [0.717, 1.165) is 0 Å². The Morgan fingerprint density at radius 3 is 2.87 bits per heavy atom. The summed E-state index contributed by atoms with van der Waals surface area (Å²) < 4.78 is 21.1. The van der Waals surface area contributed by atoms with Gasteiger partial charge in [-0.25, -0.2) is 13.6 Å². The van der Waals surface area contributed by atoms with Crippen LogP contribution in [0.25, 0.3) is 0 Å². The van der Waals surface area contributed by atoms with Gasteiger partial charge in [-0.15, -0.1) is 5.10 Å². The maximum absolute atomic E-state index is 10.6. The number of sulfonamides is 1. The zero-order valence-corrected chi connectivity index (χ0v) is 8.32. The topological polar surface area (TPSA) is 144 Å². The SMILES string of the molecule is NS(=O)(=O)CCNc1cn[nH]c1[N+](=O)[O-]. The van der Waals surface area contributed by atoms with Crippen LogP contribution in [-0.4, -0.2) is 35.8 Å². The maximum Gasteiger partial charge on any atom is 0.366 e. The van der Waals surface area contributed by atoms with Crippen LogP contribution in [0.15, 0.2) is 6.20 Å². The minimum Gasteiger partial charge on any atom is -0.376 e. The lowest BCUT2D eigenvalue weighted by molar-refractivity contribution is -0.388. The summed E-state index contributed by atoms with van der Waals surface area (Å²) in [6, 6.07) is 0. The molecular weight excluding hydrogens is 226 g/mol. The Kier molecular flexibility index (Phi) is 3.21. The number of hydrogen-bond acceptors (Lipinski definition) is 6.